The van der Waals surface area contributed by atoms with Gasteiger partial charge in [-0.1, -0.05) is 29.3 Å². The van der Waals surface area contributed by atoms with Crippen molar-refractivity contribution in [2.75, 3.05) is 5.32 Å². The lowest BCUT2D eigenvalue weighted by atomic mass is 10.2. The highest BCUT2D eigenvalue weighted by molar-refractivity contribution is 9.10. The topological polar surface area (TPSA) is 64.7 Å². The molecule has 0 spiro atoms. The van der Waals surface area contributed by atoms with E-state index in [4.69, 9.17) is 23.2 Å². The van der Waals surface area contributed by atoms with E-state index in [2.05, 4.69) is 31.4 Å². The van der Waals surface area contributed by atoms with E-state index in [1.165, 1.54) is 0 Å². The molecule has 0 aliphatic rings. The minimum atomic E-state index is -0.103. The second-order valence-corrected chi connectivity index (χ2v) is 7.74. The van der Waals surface area contributed by atoms with Gasteiger partial charge in [-0.25, -0.2) is 0 Å². The molecule has 0 saturated heterocycles. The first kappa shape index (κ1) is 19.9. The molecule has 1 amide bonds. The van der Waals surface area contributed by atoms with Gasteiger partial charge in [0.15, 0.2) is 0 Å². The minimum absolute atomic E-state index is 0.103. The highest BCUT2D eigenvalue weighted by Crippen LogP contribution is 2.25. The number of benzene rings is 1. The minimum Gasteiger partial charge on any atom is -0.323 e. The lowest BCUT2D eigenvalue weighted by Crippen LogP contribution is -2.15. The summed E-state index contributed by atoms with van der Waals surface area (Å²) in [5.41, 5.74) is 3.33. The van der Waals surface area contributed by atoms with Gasteiger partial charge in [-0.15, -0.1) is 0 Å². The largest absolute Gasteiger partial charge is 0.323 e. The number of hydrogen-bond acceptors (Lipinski definition) is 3. The molecule has 1 N–H and O–H groups in total. The van der Waals surface area contributed by atoms with Gasteiger partial charge in [0.2, 0.25) is 5.91 Å². The van der Waals surface area contributed by atoms with Gasteiger partial charge in [0.05, 0.1) is 35.1 Å². The first-order chi connectivity index (χ1) is 12.8. The number of nitrogens with one attached hydrogen (secondary N) is 1. The van der Waals surface area contributed by atoms with Gasteiger partial charge >= 0.3 is 0 Å². The van der Waals surface area contributed by atoms with Crippen LogP contribution in [0.3, 0.4) is 0 Å². The molecule has 1 aromatic carbocycles. The Bertz CT molecular complexity index is 962. The van der Waals surface area contributed by atoms with Gasteiger partial charge < -0.3 is 5.32 Å². The van der Waals surface area contributed by atoms with E-state index < -0.39 is 0 Å². The SMILES string of the molecule is Cc1nn(CCC(=O)Nc2cnn(Cc3c(Cl)cccc3Cl)c2)c(C)c1Br. The molecule has 0 bridgehead atoms. The van der Waals surface area contributed by atoms with Crippen LogP contribution in [0.2, 0.25) is 10.0 Å². The van der Waals surface area contributed by atoms with Crippen LogP contribution < -0.4 is 5.32 Å². The predicted molar refractivity (Wildman–Crippen MR) is 110 cm³/mol. The monoisotopic (exact) mass is 469 g/mol. The van der Waals surface area contributed by atoms with Gasteiger partial charge in [0.25, 0.3) is 0 Å². The van der Waals surface area contributed by atoms with Crippen molar-refractivity contribution in [2.24, 2.45) is 0 Å². The Labute approximate surface area is 175 Å². The Morgan fingerprint density at radius 2 is 1.96 bits per heavy atom. The highest BCUT2D eigenvalue weighted by Gasteiger charge is 2.12. The molecule has 27 heavy (non-hydrogen) atoms. The van der Waals surface area contributed by atoms with Crippen molar-refractivity contribution >= 4 is 50.7 Å². The number of anilines is 1. The molecule has 0 radical (unpaired) electrons. The molecule has 6 nitrogen and oxygen atoms in total. The molecule has 9 heteroatoms. The first-order valence-electron chi connectivity index (χ1n) is 8.30. The second-order valence-electron chi connectivity index (χ2n) is 6.13. The van der Waals surface area contributed by atoms with Crippen molar-refractivity contribution < 1.29 is 4.79 Å². The number of hydrogen-bond donors (Lipinski definition) is 1. The molecule has 3 rings (SSSR count). The quantitative estimate of drug-likeness (QED) is 0.560. The van der Waals surface area contributed by atoms with Gasteiger partial charge in [0.1, 0.15) is 0 Å². The molecule has 0 atom stereocenters. The van der Waals surface area contributed by atoms with Crippen molar-refractivity contribution in [1.82, 2.24) is 19.6 Å². The van der Waals surface area contributed by atoms with Gasteiger partial charge in [-0.2, -0.15) is 10.2 Å². The van der Waals surface area contributed by atoms with Crippen LogP contribution >= 0.6 is 39.1 Å². The van der Waals surface area contributed by atoms with Crippen molar-refractivity contribution in [3.63, 3.8) is 0 Å². The van der Waals surface area contributed by atoms with E-state index in [1.807, 2.05) is 18.5 Å². The normalized spacial score (nSPS) is 11.0. The van der Waals surface area contributed by atoms with Crippen LogP contribution in [0.15, 0.2) is 35.1 Å². The number of amides is 1. The Balaban J connectivity index is 1.58. The summed E-state index contributed by atoms with van der Waals surface area (Å²) < 4.78 is 4.48. The zero-order valence-corrected chi connectivity index (χ0v) is 17.9. The Morgan fingerprint density at radius 3 is 2.59 bits per heavy atom. The molecular weight excluding hydrogens is 453 g/mol. The molecule has 142 valence electrons. The smallest absolute Gasteiger partial charge is 0.226 e. The third-order valence-corrected chi connectivity index (χ3v) is 6.00. The molecule has 0 aliphatic carbocycles. The van der Waals surface area contributed by atoms with Crippen LogP contribution in [0, 0.1) is 13.8 Å². The number of carbonyl (C=O) groups excluding carboxylic acids is 1. The van der Waals surface area contributed by atoms with Crippen LogP contribution in [0.4, 0.5) is 5.69 Å². The zero-order valence-electron chi connectivity index (χ0n) is 14.8. The summed E-state index contributed by atoms with van der Waals surface area (Å²) in [6.07, 6.45) is 3.66. The molecular formula is C18H18BrCl2N5O. The van der Waals surface area contributed by atoms with Crippen LogP contribution in [0.25, 0.3) is 0 Å². The van der Waals surface area contributed by atoms with Gasteiger partial charge in [0, 0.05) is 33.9 Å². The second kappa shape index (κ2) is 8.46. The van der Waals surface area contributed by atoms with Crippen molar-refractivity contribution in [1.29, 1.82) is 0 Å². The number of nitrogens with zero attached hydrogens (tertiary/aromatic N) is 4. The molecule has 0 saturated carbocycles. The first-order valence-corrected chi connectivity index (χ1v) is 9.84. The van der Waals surface area contributed by atoms with Gasteiger partial charge in [-0.3, -0.25) is 14.2 Å². The average molecular weight is 471 g/mol. The van der Waals surface area contributed by atoms with Crippen LogP contribution in [0.5, 0.6) is 0 Å². The lowest BCUT2D eigenvalue weighted by molar-refractivity contribution is -0.116. The summed E-state index contributed by atoms with van der Waals surface area (Å²) in [6, 6.07) is 5.36. The van der Waals surface area contributed by atoms with E-state index in [0.29, 0.717) is 35.2 Å². The number of aromatic nitrogens is 4. The summed E-state index contributed by atoms with van der Waals surface area (Å²) >= 11 is 15.9. The highest BCUT2D eigenvalue weighted by atomic mass is 79.9. The summed E-state index contributed by atoms with van der Waals surface area (Å²) in [5, 5.41) is 12.7. The number of halogens is 3. The Kier molecular flexibility index (Phi) is 6.24. The van der Waals surface area contributed by atoms with Crippen LogP contribution in [-0.2, 0) is 17.9 Å². The van der Waals surface area contributed by atoms with Crippen LogP contribution in [-0.4, -0.2) is 25.5 Å². The summed E-state index contributed by atoms with van der Waals surface area (Å²) in [4.78, 5) is 12.2. The predicted octanol–water partition coefficient (Wildman–Crippen LogP) is 4.84. The third-order valence-electron chi connectivity index (χ3n) is 4.14. The number of aryl methyl sites for hydroxylation is 2. The molecule has 0 unspecified atom stereocenters. The number of carbonyl (C=O) groups is 1. The molecule has 3 aromatic rings. The fourth-order valence-electron chi connectivity index (χ4n) is 2.68. The summed E-state index contributed by atoms with van der Waals surface area (Å²) in [7, 11) is 0. The van der Waals surface area contributed by atoms with Crippen molar-refractivity contribution in [3.05, 3.63) is 62.1 Å². The third kappa shape index (κ3) is 4.72. The van der Waals surface area contributed by atoms with E-state index in [9.17, 15) is 4.79 Å². The van der Waals surface area contributed by atoms with E-state index in [0.717, 1.165) is 21.4 Å². The maximum absolute atomic E-state index is 12.2. The number of rotatable bonds is 6. The zero-order chi connectivity index (χ0) is 19.6. The van der Waals surface area contributed by atoms with Gasteiger partial charge in [-0.05, 0) is 41.9 Å². The van der Waals surface area contributed by atoms with Crippen molar-refractivity contribution in [3.8, 4) is 0 Å². The average Bonchev–Trinajstić information content (AvgIpc) is 3.16. The standard InChI is InChI=1S/C18H18BrCl2N5O/c1-11-18(19)12(2)26(24-11)7-6-17(27)23-13-8-22-25(9-13)10-14-15(20)4-3-5-16(14)21/h3-5,8-9H,6-7,10H2,1-2H3,(H,23,27). The van der Waals surface area contributed by atoms with Crippen LogP contribution in [0.1, 0.15) is 23.4 Å². The lowest BCUT2D eigenvalue weighted by Gasteiger charge is -2.07. The molecule has 0 aliphatic heterocycles. The fourth-order valence-corrected chi connectivity index (χ4v) is 3.48. The maximum Gasteiger partial charge on any atom is 0.226 e. The molecule has 2 heterocycles. The molecule has 2 aromatic heterocycles. The fraction of sp³-hybridized carbons (Fsp3) is 0.278. The molecule has 0 fully saturated rings. The summed E-state index contributed by atoms with van der Waals surface area (Å²) in [6.45, 7) is 4.82. The summed E-state index contributed by atoms with van der Waals surface area (Å²) in [5.74, 6) is -0.103. The van der Waals surface area contributed by atoms with E-state index in [-0.39, 0.29) is 5.91 Å². The van der Waals surface area contributed by atoms with E-state index in [1.54, 1.807) is 35.3 Å². The van der Waals surface area contributed by atoms with Crippen molar-refractivity contribution in [2.45, 2.75) is 33.4 Å². The Hall–Kier alpha value is -1.83. The maximum atomic E-state index is 12.2. The van der Waals surface area contributed by atoms with E-state index >= 15 is 0 Å². The Morgan fingerprint density at radius 1 is 1.26 bits per heavy atom.